The van der Waals surface area contributed by atoms with Crippen molar-refractivity contribution < 1.29 is 0 Å². The normalized spacial score (nSPS) is 17.1. The van der Waals surface area contributed by atoms with E-state index in [0.29, 0.717) is 0 Å². The van der Waals surface area contributed by atoms with Crippen LogP contribution in [0.3, 0.4) is 0 Å². The zero-order valence-electron chi connectivity index (χ0n) is 9.16. The summed E-state index contributed by atoms with van der Waals surface area (Å²) in [5, 5.41) is 0. The lowest BCUT2D eigenvalue weighted by molar-refractivity contribution is 0.226. The highest BCUT2D eigenvalue weighted by molar-refractivity contribution is 5.28. The van der Waals surface area contributed by atoms with Crippen LogP contribution >= 0.6 is 0 Å². The van der Waals surface area contributed by atoms with Gasteiger partial charge >= 0.3 is 0 Å². The molecule has 1 aliphatic rings. The molecule has 0 N–H and O–H groups in total. The Morgan fingerprint density at radius 2 is 1.93 bits per heavy atom. The van der Waals surface area contributed by atoms with Crippen LogP contribution in [0.2, 0.25) is 0 Å². The molecule has 0 aliphatic carbocycles. The number of fused-ring (bicyclic) bond motifs is 1. The summed E-state index contributed by atoms with van der Waals surface area (Å²) in [6.45, 7) is 8.19. The van der Waals surface area contributed by atoms with Crippen molar-refractivity contribution in [3.8, 4) is 0 Å². The minimum Gasteiger partial charge on any atom is -0.298 e. The predicted molar refractivity (Wildman–Crippen MR) is 60.3 cm³/mol. The highest BCUT2D eigenvalue weighted by Crippen LogP contribution is 2.18. The maximum Gasteiger partial charge on any atom is 0.0236 e. The van der Waals surface area contributed by atoms with E-state index in [2.05, 4.69) is 43.0 Å². The van der Waals surface area contributed by atoms with Crippen molar-refractivity contribution in [1.82, 2.24) is 4.90 Å². The van der Waals surface area contributed by atoms with Crippen LogP contribution in [0.4, 0.5) is 0 Å². The number of rotatable bonds is 2. The van der Waals surface area contributed by atoms with Gasteiger partial charge in [-0.1, -0.05) is 38.1 Å². The monoisotopic (exact) mass is 189 g/mol. The number of hydrogen-bond acceptors (Lipinski definition) is 1. The lowest BCUT2D eigenvalue weighted by atomic mass is 9.99. The second-order valence-electron chi connectivity index (χ2n) is 4.65. The third-order valence-corrected chi connectivity index (χ3v) is 2.83. The third kappa shape index (κ3) is 2.16. The Bertz CT molecular complexity index is 304. The third-order valence-electron chi connectivity index (χ3n) is 2.83. The second-order valence-corrected chi connectivity index (χ2v) is 4.65. The Kier molecular flexibility index (Phi) is 2.87. The molecule has 1 aliphatic heterocycles. The number of nitrogens with zero attached hydrogens (tertiary/aromatic N) is 1. The fraction of sp³-hybridized carbons (Fsp3) is 0.538. The van der Waals surface area contributed by atoms with Gasteiger partial charge in [0.05, 0.1) is 0 Å². The van der Waals surface area contributed by atoms with E-state index in [1.54, 1.807) is 5.56 Å². The number of benzene rings is 1. The summed E-state index contributed by atoms with van der Waals surface area (Å²) in [6, 6.07) is 8.83. The molecule has 14 heavy (non-hydrogen) atoms. The fourth-order valence-corrected chi connectivity index (χ4v) is 2.23. The molecule has 0 saturated heterocycles. The van der Waals surface area contributed by atoms with Crippen molar-refractivity contribution in [2.75, 3.05) is 13.1 Å². The SMILES string of the molecule is CC(C)CN1CCc2ccccc2C1. The minimum atomic E-state index is 0.778. The summed E-state index contributed by atoms with van der Waals surface area (Å²) in [4.78, 5) is 2.56. The summed E-state index contributed by atoms with van der Waals surface area (Å²) in [7, 11) is 0. The Balaban J connectivity index is 2.06. The lowest BCUT2D eigenvalue weighted by Gasteiger charge is -2.29. The van der Waals surface area contributed by atoms with Gasteiger partial charge in [0.15, 0.2) is 0 Å². The zero-order chi connectivity index (χ0) is 9.97. The first-order chi connectivity index (χ1) is 6.75. The van der Waals surface area contributed by atoms with Crippen LogP contribution < -0.4 is 0 Å². The fourth-order valence-electron chi connectivity index (χ4n) is 2.23. The summed E-state index contributed by atoms with van der Waals surface area (Å²) in [5.41, 5.74) is 3.08. The van der Waals surface area contributed by atoms with E-state index < -0.39 is 0 Å². The summed E-state index contributed by atoms with van der Waals surface area (Å²) in [5.74, 6) is 0.778. The molecule has 0 fully saturated rings. The van der Waals surface area contributed by atoms with E-state index in [9.17, 15) is 0 Å². The van der Waals surface area contributed by atoms with Crippen LogP contribution in [0.15, 0.2) is 24.3 Å². The molecule has 0 spiro atoms. The first-order valence-corrected chi connectivity index (χ1v) is 5.55. The minimum absolute atomic E-state index is 0.778. The van der Waals surface area contributed by atoms with Crippen molar-refractivity contribution in [3.05, 3.63) is 35.4 Å². The zero-order valence-corrected chi connectivity index (χ0v) is 9.16. The molecular weight excluding hydrogens is 170 g/mol. The summed E-state index contributed by atoms with van der Waals surface area (Å²) in [6.07, 6.45) is 1.23. The maximum absolute atomic E-state index is 2.56. The van der Waals surface area contributed by atoms with Gasteiger partial charge in [0.25, 0.3) is 0 Å². The van der Waals surface area contributed by atoms with Crippen molar-refractivity contribution in [1.29, 1.82) is 0 Å². The van der Waals surface area contributed by atoms with E-state index >= 15 is 0 Å². The molecule has 1 heteroatoms. The predicted octanol–water partition coefficient (Wildman–Crippen LogP) is 2.70. The molecule has 0 unspecified atom stereocenters. The summed E-state index contributed by atoms with van der Waals surface area (Å²) >= 11 is 0. The van der Waals surface area contributed by atoms with Crippen LogP contribution in [0, 0.1) is 5.92 Å². The van der Waals surface area contributed by atoms with Crippen molar-refractivity contribution in [3.63, 3.8) is 0 Å². The lowest BCUT2D eigenvalue weighted by Crippen LogP contribution is -2.33. The molecule has 0 aromatic heterocycles. The Labute approximate surface area is 86.7 Å². The van der Waals surface area contributed by atoms with Gasteiger partial charge in [-0.2, -0.15) is 0 Å². The number of hydrogen-bond donors (Lipinski definition) is 0. The average molecular weight is 189 g/mol. The van der Waals surface area contributed by atoms with Crippen LogP contribution in [0.1, 0.15) is 25.0 Å². The molecule has 0 saturated carbocycles. The van der Waals surface area contributed by atoms with Gasteiger partial charge in [0.1, 0.15) is 0 Å². The van der Waals surface area contributed by atoms with E-state index in [1.165, 1.54) is 25.1 Å². The largest absolute Gasteiger partial charge is 0.298 e. The maximum atomic E-state index is 2.56. The summed E-state index contributed by atoms with van der Waals surface area (Å²) < 4.78 is 0. The molecule has 0 atom stereocenters. The van der Waals surface area contributed by atoms with E-state index in [0.717, 1.165) is 12.5 Å². The molecule has 2 rings (SSSR count). The van der Waals surface area contributed by atoms with Crippen LogP contribution in [0.25, 0.3) is 0 Å². The molecule has 76 valence electrons. The molecule has 1 aromatic carbocycles. The van der Waals surface area contributed by atoms with Crippen LogP contribution in [0.5, 0.6) is 0 Å². The smallest absolute Gasteiger partial charge is 0.0236 e. The topological polar surface area (TPSA) is 3.24 Å². The van der Waals surface area contributed by atoms with Crippen molar-refractivity contribution >= 4 is 0 Å². The first kappa shape index (κ1) is 9.72. The Morgan fingerprint density at radius 3 is 2.64 bits per heavy atom. The quantitative estimate of drug-likeness (QED) is 0.691. The van der Waals surface area contributed by atoms with Gasteiger partial charge in [-0.15, -0.1) is 0 Å². The van der Waals surface area contributed by atoms with E-state index in [-0.39, 0.29) is 0 Å². The standard InChI is InChI=1S/C13H19N/c1-11(2)9-14-8-7-12-5-3-4-6-13(12)10-14/h3-6,11H,7-10H2,1-2H3. The van der Waals surface area contributed by atoms with Crippen molar-refractivity contribution in [2.24, 2.45) is 5.92 Å². The van der Waals surface area contributed by atoms with Gasteiger partial charge < -0.3 is 0 Å². The van der Waals surface area contributed by atoms with E-state index in [4.69, 9.17) is 0 Å². The first-order valence-electron chi connectivity index (χ1n) is 5.55. The highest BCUT2D eigenvalue weighted by Gasteiger charge is 2.15. The molecule has 0 radical (unpaired) electrons. The van der Waals surface area contributed by atoms with Crippen LogP contribution in [-0.2, 0) is 13.0 Å². The second kappa shape index (κ2) is 4.14. The van der Waals surface area contributed by atoms with Crippen LogP contribution in [-0.4, -0.2) is 18.0 Å². The molecule has 0 bridgehead atoms. The average Bonchev–Trinajstić information content (AvgIpc) is 2.17. The van der Waals surface area contributed by atoms with Crippen molar-refractivity contribution in [2.45, 2.75) is 26.8 Å². The Morgan fingerprint density at radius 1 is 1.21 bits per heavy atom. The molecule has 1 heterocycles. The Hall–Kier alpha value is -0.820. The van der Waals surface area contributed by atoms with Gasteiger partial charge in [0, 0.05) is 19.6 Å². The van der Waals surface area contributed by atoms with E-state index in [1.807, 2.05) is 0 Å². The molecular formula is C13H19N. The highest BCUT2D eigenvalue weighted by atomic mass is 15.1. The van der Waals surface area contributed by atoms with Gasteiger partial charge in [-0.05, 0) is 23.5 Å². The van der Waals surface area contributed by atoms with Gasteiger partial charge in [-0.3, -0.25) is 4.90 Å². The molecule has 1 nitrogen and oxygen atoms in total. The molecule has 1 aromatic rings. The van der Waals surface area contributed by atoms with Gasteiger partial charge in [0.2, 0.25) is 0 Å². The van der Waals surface area contributed by atoms with Gasteiger partial charge in [-0.25, -0.2) is 0 Å². The molecule has 0 amide bonds.